The minimum atomic E-state index is -2.79. The summed E-state index contributed by atoms with van der Waals surface area (Å²) in [4.78, 5) is 13.6. The number of hydrogen-bond donors (Lipinski definition) is 0. The monoisotopic (exact) mass is 263 g/mol. The van der Waals surface area contributed by atoms with E-state index in [1.807, 2.05) is 0 Å². The summed E-state index contributed by atoms with van der Waals surface area (Å²) in [5.74, 6) is 0. The number of carbonyl (C=O) groups is 1. The maximum absolute atomic E-state index is 12.2. The van der Waals surface area contributed by atoms with Crippen LogP contribution in [-0.2, 0) is 9.47 Å². The molecule has 2 fully saturated rings. The van der Waals surface area contributed by atoms with Crippen LogP contribution in [0.1, 0.15) is 40.0 Å². The molecule has 0 bridgehead atoms. The summed E-state index contributed by atoms with van der Waals surface area (Å²) in [6, 6.07) is 0. The minimum Gasteiger partial charge on any atom is -0.444 e. The zero-order valence-electron chi connectivity index (χ0n) is 10.9. The van der Waals surface area contributed by atoms with Crippen molar-refractivity contribution in [1.82, 2.24) is 4.90 Å². The number of halogens is 2. The van der Waals surface area contributed by atoms with Crippen molar-refractivity contribution in [2.45, 2.75) is 63.9 Å². The predicted octanol–water partition coefficient (Wildman–Crippen LogP) is 2.77. The molecule has 1 atom stereocenters. The van der Waals surface area contributed by atoms with Gasteiger partial charge in [-0.05, 0) is 40.0 Å². The first-order valence-corrected chi connectivity index (χ1v) is 6.16. The fraction of sp³-hybridized carbons (Fsp3) is 0.917. The summed E-state index contributed by atoms with van der Waals surface area (Å²) >= 11 is 0. The molecule has 0 radical (unpaired) electrons. The first kappa shape index (κ1) is 13.5. The molecule has 1 saturated heterocycles. The Hall–Kier alpha value is -0.910. The summed E-state index contributed by atoms with van der Waals surface area (Å²) in [6.45, 7) is 2.76. The van der Waals surface area contributed by atoms with Crippen LogP contribution in [0.2, 0.25) is 0 Å². The number of alkyl halides is 2. The molecule has 0 aromatic heterocycles. The summed E-state index contributed by atoms with van der Waals surface area (Å²) in [7, 11) is 0. The van der Waals surface area contributed by atoms with Gasteiger partial charge in [0.2, 0.25) is 0 Å². The highest BCUT2D eigenvalue weighted by atomic mass is 19.3. The third-order valence-corrected chi connectivity index (χ3v) is 3.30. The molecular formula is C12H19F2NO3. The van der Waals surface area contributed by atoms with E-state index in [-0.39, 0.29) is 12.1 Å². The van der Waals surface area contributed by atoms with Crippen molar-refractivity contribution in [2.24, 2.45) is 0 Å². The van der Waals surface area contributed by atoms with E-state index >= 15 is 0 Å². The highest BCUT2D eigenvalue weighted by molar-refractivity contribution is 5.70. The number of rotatable bonds is 2. The molecule has 6 heteroatoms. The number of likely N-dealkylation sites (tertiary alicyclic amines) is 1. The Morgan fingerprint density at radius 2 is 2.00 bits per heavy atom. The van der Waals surface area contributed by atoms with Crippen molar-refractivity contribution in [2.75, 3.05) is 6.54 Å². The lowest BCUT2D eigenvalue weighted by atomic mass is 10.2. The molecular weight excluding hydrogens is 244 g/mol. The maximum atomic E-state index is 12.2. The van der Waals surface area contributed by atoms with Crippen LogP contribution in [0, 0.1) is 0 Å². The molecule has 1 amide bonds. The second kappa shape index (κ2) is 4.33. The first-order valence-electron chi connectivity index (χ1n) is 6.16. The molecule has 1 aliphatic heterocycles. The predicted molar refractivity (Wildman–Crippen MR) is 60.4 cm³/mol. The zero-order chi connectivity index (χ0) is 13.6. The number of hydrogen-bond acceptors (Lipinski definition) is 3. The van der Waals surface area contributed by atoms with Gasteiger partial charge in [-0.3, -0.25) is 4.90 Å². The van der Waals surface area contributed by atoms with E-state index in [4.69, 9.17) is 4.74 Å². The average molecular weight is 263 g/mol. The topological polar surface area (TPSA) is 38.8 Å². The first-order chi connectivity index (χ1) is 8.22. The Morgan fingerprint density at radius 1 is 1.39 bits per heavy atom. The van der Waals surface area contributed by atoms with Crippen molar-refractivity contribution in [3.05, 3.63) is 0 Å². The van der Waals surface area contributed by atoms with E-state index in [1.165, 1.54) is 0 Å². The van der Waals surface area contributed by atoms with Crippen LogP contribution in [-0.4, -0.2) is 41.4 Å². The van der Waals surface area contributed by atoms with Gasteiger partial charge in [0.1, 0.15) is 5.60 Å². The lowest BCUT2D eigenvalue weighted by molar-refractivity contribution is -0.158. The van der Waals surface area contributed by atoms with Crippen LogP contribution in [0.5, 0.6) is 0 Å². The largest absolute Gasteiger partial charge is 0.444 e. The Bertz CT molecular complexity index is 337. The highest BCUT2D eigenvalue weighted by Gasteiger charge is 2.57. The molecule has 1 unspecified atom stereocenters. The fourth-order valence-corrected chi connectivity index (χ4v) is 2.44. The van der Waals surface area contributed by atoms with E-state index in [1.54, 1.807) is 25.7 Å². The molecule has 1 aliphatic carbocycles. The summed E-state index contributed by atoms with van der Waals surface area (Å²) in [6.07, 6.45) is 1.15. The summed E-state index contributed by atoms with van der Waals surface area (Å²) in [5, 5.41) is 0. The van der Waals surface area contributed by atoms with Crippen molar-refractivity contribution in [3.8, 4) is 0 Å². The van der Waals surface area contributed by atoms with Crippen LogP contribution in [0.25, 0.3) is 0 Å². The van der Waals surface area contributed by atoms with E-state index in [0.717, 1.165) is 12.8 Å². The van der Waals surface area contributed by atoms with Crippen LogP contribution in [0.4, 0.5) is 13.6 Å². The highest BCUT2D eigenvalue weighted by Crippen LogP contribution is 2.50. The Morgan fingerprint density at radius 3 is 2.44 bits per heavy atom. The molecule has 0 aromatic carbocycles. The smallest absolute Gasteiger partial charge is 0.410 e. The van der Waals surface area contributed by atoms with Gasteiger partial charge in [0.05, 0.1) is 12.6 Å². The average Bonchev–Trinajstić information content (AvgIpc) is 2.80. The van der Waals surface area contributed by atoms with Crippen molar-refractivity contribution in [1.29, 1.82) is 0 Å². The second-order valence-corrected chi connectivity index (χ2v) is 6.04. The van der Waals surface area contributed by atoms with Gasteiger partial charge in [-0.2, -0.15) is 8.78 Å². The SMILES string of the molecule is CC(C)(C)OC(=O)N1CC(OC(F)F)CC12CC2. The van der Waals surface area contributed by atoms with Crippen LogP contribution < -0.4 is 0 Å². The number of carbonyl (C=O) groups excluding carboxylic acids is 1. The molecule has 4 nitrogen and oxygen atoms in total. The van der Waals surface area contributed by atoms with E-state index in [2.05, 4.69) is 4.74 Å². The molecule has 2 rings (SSSR count). The Balaban J connectivity index is 1.98. The van der Waals surface area contributed by atoms with Gasteiger partial charge in [0, 0.05) is 5.54 Å². The van der Waals surface area contributed by atoms with Gasteiger partial charge in [-0.25, -0.2) is 4.79 Å². The third-order valence-electron chi connectivity index (χ3n) is 3.30. The number of amides is 1. The third kappa shape index (κ3) is 2.91. The molecule has 2 aliphatic rings. The fourth-order valence-electron chi connectivity index (χ4n) is 2.44. The van der Waals surface area contributed by atoms with Crippen molar-refractivity contribution < 1.29 is 23.0 Å². The zero-order valence-corrected chi connectivity index (χ0v) is 10.9. The summed E-state index contributed by atoms with van der Waals surface area (Å²) < 4.78 is 34.2. The van der Waals surface area contributed by atoms with Crippen LogP contribution in [0.15, 0.2) is 0 Å². The minimum absolute atomic E-state index is 0.194. The van der Waals surface area contributed by atoms with Gasteiger partial charge >= 0.3 is 12.7 Å². The lowest BCUT2D eigenvalue weighted by Crippen LogP contribution is -2.41. The lowest BCUT2D eigenvalue weighted by Gasteiger charge is -2.28. The quantitative estimate of drug-likeness (QED) is 0.769. The standard InChI is InChI=1S/C12H19F2NO3/c1-11(2,3)18-10(16)15-7-8(17-9(13)14)6-12(15)4-5-12/h8-9H,4-7H2,1-3H3. The Labute approximate surface area is 105 Å². The molecule has 0 N–H and O–H groups in total. The number of nitrogens with zero attached hydrogens (tertiary/aromatic N) is 1. The molecule has 1 saturated carbocycles. The number of ether oxygens (including phenoxy) is 2. The molecule has 18 heavy (non-hydrogen) atoms. The molecule has 0 aromatic rings. The van der Waals surface area contributed by atoms with Crippen molar-refractivity contribution in [3.63, 3.8) is 0 Å². The van der Waals surface area contributed by atoms with Gasteiger partial charge in [0.15, 0.2) is 0 Å². The van der Waals surface area contributed by atoms with E-state index < -0.39 is 24.4 Å². The van der Waals surface area contributed by atoms with Gasteiger partial charge < -0.3 is 9.47 Å². The van der Waals surface area contributed by atoms with Crippen LogP contribution in [0.3, 0.4) is 0 Å². The maximum Gasteiger partial charge on any atom is 0.410 e. The van der Waals surface area contributed by atoms with Gasteiger partial charge in [-0.15, -0.1) is 0 Å². The van der Waals surface area contributed by atoms with E-state index in [0.29, 0.717) is 6.42 Å². The summed E-state index contributed by atoms with van der Waals surface area (Å²) in [5.41, 5.74) is -0.864. The Kier molecular flexibility index (Phi) is 3.25. The normalized spacial score (nSPS) is 25.9. The second-order valence-electron chi connectivity index (χ2n) is 6.04. The molecule has 1 heterocycles. The molecule has 1 spiro atoms. The molecule has 104 valence electrons. The van der Waals surface area contributed by atoms with Gasteiger partial charge in [-0.1, -0.05) is 0 Å². The van der Waals surface area contributed by atoms with Gasteiger partial charge in [0.25, 0.3) is 0 Å². The van der Waals surface area contributed by atoms with Crippen LogP contribution >= 0.6 is 0 Å². The van der Waals surface area contributed by atoms with E-state index in [9.17, 15) is 13.6 Å². The van der Waals surface area contributed by atoms with Crippen molar-refractivity contribution >= 4 is 6.09 Å².